The molecular formula is C12H22N6O. The first-order valence-electron chi connectivity index (χ1n) is 6.54. The molecule has 0 spiro atoms. The zero-order valence-corrected chi connectivity index (χ0v) is 12.1. The predicted molar refractivity (Wildman–Crippen MR) is 75.9 cm³/mol. The standard InChI is InChI=1S/C12H22N6O/c1-13-10-14-11(17(2)3)16-12(15-10)18(4)8-9-6-5-7-19-9/h9H,5-8H2,1-4H3,(H,13,14,15,16). The van der Waals surface area contributed by atoms with Crippen molar-refractivity contribution >= 4 is 17.8 Å². The average Bonchev–Trinajstić information content (AvgIpc) is 2.90. The van der Waals surface area contributed by atoms with E-state index in [0.717, 1.165) is 26.0 Å². The van der Waals surface area contributed by atoms with Crippen LogP contribution in [0.5, 0.6) is 0 Å². The van der Waals surface area contributed by atoms with Gasteiger partial charge in [-0.05, 0) is 12.8 Å². The number of rotatable bonds is 5. The third-order valence-electron chi connectivity index (χ3n) is 3.08. The fraction of sp³-hybridized carbons (Fsp3) is 0.750. The number of nitrogens with one attached hydrogen (secondary N) is 1. The number of ether oxygens (including phenoxy) is 1. The Bertz CT molecular complexity index is 419. The lowest BCUT2D eigenvalue weighted by molar-refractivity contribution is 0.116. The number of hydrogen-bond donors (Lipinski definition) is 1. The zero-order chi connectivity index (χ0) is 13.8. The molecule has 7 heteroatoms. The smallest absolute Gasteiger partial charge is 0.231 e. The third kappa shape index (κ3) is 3.44. The third-order valence-corrected chi connectivity index (χ3v) is 3.08. The SMILES string of the molecule is CNc1nc(N(C)C)nc(N(C)CC2CCCO2)n1. The summed E-state index contributed by atoms with van der Waals surface area (Å²) in [6, 6.07) is 0. The number of nitrogens with zero attached hydrogens (tertiary/aromatic N) is 5. The monoisotopic (exact) mass is 266 g/mol. The highest BCUT2D eigenvalue weighted by Gasteiger charge is 2.19. The fourth-order valence-electron chi connectivity index (χ4n) is 2.01. The van der Waals surface area contributed by atoms with Crippen LogP contribution >= 0.6 is 0 Å². The van der Waals surface area contributed by atoms with E-state index >= 15 is 0 Å². The molecule has 0 aliphatic carbocycles. The van der Waals surface area contributed by atoms with E-state index in [1.54, 1.807) is 7.05 Å². The average molecular weight is 266 g/mol. The highest BCUT2D eigenvalue weighted by molar-refractivity contribution is 5.43. The minimum atomic E-state index is 0.280. The summed E-state index contributed by atoms with van der Waals surface area (Å²) in [6.45, 7) is 1.67. The molecule has 19 heavy (non-hydrogen) atoms. The second-order valence-electron chi connectivity index (χ2n) is 4.92. The first kappa shape index (κ1) is 13.8. The molecule has 1 aliphatic heterocycles. The number of anilines is 3. The van der Waals surface area contributed by atoms with Gasteiger partial charge in [0, 0.05) is 41.3 Å². The number of aromatic nitrogens is 3. The molecule has 1 fully saturated rings. The van der Waals surface area contributed by atoms with Crippen molar-refractivity contribution in [2.75, 3.05) is 56.5 Å². The van der Waals surface area contributed by atoms with E-state index < -0.39 is 0 Å². The van der Waals surface area contributed by atoms with Gasteiger partial charge in [-0.3, -0.25) is 0 Å². The molecule has 1 aromatic rings. The van der Waals surface area contributed by atoms with Crippen LogP contribution < -0.4 is 15.1 Å². The molecule has 0 aromatic carbocycles. The highest BCUT2D eigenvalue weighted by Crippen LogP contribution is 2.17. The maximum absolute atomic E-state index is 5.64. The maximum Gasteiger partial charge on any atom is 0.231 e. The van der Waals surface area contributed by atoms with Gasteiger partial charge in [-0.1, -0.05) is 0 Å². The molecule has 7 nitrogen and oxygen atoms in total. The first-order chi connectivity index (χ1) is 9.10. The molecule has 2 heterocycles. The molecule has 2 rings (SSSR count). The van der Waals surface area contributed by atoms with Crippen molar-refractivity contribution in [2.45, 2.75) is 18.9 Å². The Morgan fingerprint density at radius 3 is 2.53 bits per heavy atom. The molecule has 1 aromatic heterocycles. The largest absolute Gasteiger partial charge is 0.376 e. The van der Waals surface area contributed by atoms with Crippen molar-refractivity contribution in [3.8, 4) is 0 Å². The molecule has 106 valence electrons. The molecule has 1 atom stereocenters. The van der Waals surface area contributed by atoms with E-state index in [0.29, 0.717) is 17.8 Å². The Hall–Kier alpha value is -1.63. The molecule has 0 amide bonds. The van der Waals surface area contributed by atoms with Gasteiger partial charge in [-0.25, -0.2) is 0 Å². The Balaban J connectivity index is 2.14. The lowest BCUT2D eigenvalue weighted by Gasteiger charge is -2.22. The van der Waals surface area contributed by atoms with Crippen LogP contribution in [-0.2, 0) is 4.74 Å². The van der Waals surface area contributed by atoms with Gasteiger partial charge < -0.3 is 19.9 Å². The first-order valence-corrected chi connectivity index (χ1v) is 6.54. The Morgan fingerprint density at radius 1 is 1.21 bits per heavy atom. The van der Waals surface area contributed by atoms with Crippen LogP contribution in [-0.4, -0.2) is 62.4 Å². The zero-order valence-electron chi connectivity index (χ0n) is 12.1. The normalized spacial score (nSPS) is 18.4. The molecule has 1 unspecified atom stereocenters. The van der Waals surface area contributed by atoms with Gasteiger partial charge in [0.05, 0.1) is 6.10 Å². The summed E-state index contributed by atoms with van der Waals surface area (Å²) < 4.78 is 5.64. The molecular weight excluding hydrogens is 244 g/mol. The van der Waals surface area contributed by atoms with E-state index in [1.807, 2.05) is 30.9 Å². The minimum Gasteiger partial charge on any atom is -0.376 e. The molecule has 0 bridgehead atoms. The quantitative estimate of drug-likeness (QED) is 0.836. The molecule has 0 saturated carbocycles. The Kier molecular flexibility index (Phi) is 4.36. The van der Waals surface area contributed by atoms with Gasteiger partial charge in [0.2, 0.25) is 17.8 Å². The van der Waals surface area contributed by atoms with Gasteiger partial charge in [0.25, 0.3) is 0 Å². The van der Waals surface area contributed by atoms with Crippen LogP contribution in [0, 0.1) is 0 Å². The van der Waals surface area contributed by atoms with E-state index in [2.05, 4.69) is 20.3 Å². The van der Waals surface area contributed by atoms with Crippen LogP contribution in [0.4, 0.5) is 17.8 Å². The van der Waals surface area contributed by atoms with Gasteiger partial charge >= 0.3 is 0 Å². The van der Waals surface area contributed by atoms with Crippen LogP contribution in [0.25, 0.3) is 0 Å². The van der Waals surface area contributed by atoms with Gasteiger partial charge in [-0.2, -0.15) is 15.0 Å². The highest BCUT2D eigenvalue weighted by atomic mass is 16.5. The van der Waals surface area contributed by atoms with E-state index in [4.69, 9.17) is 4.74 Å². The van der Waals surface area contributed by atoms with Gasteiger partial charge in [0.1, 0.15) is 0 Å². The lowest BCUT2D eigenvalue weighted by Crippen LogP contribution is -2.30. The molecule has 1 N–H and O–H groups in total. The van der Waals surface area contributed by atoms with Crippen molar-refractivity contribution in [3.05, 3.63) is 0 Å². The molecule has 1 aliphatic rings. The molecule has 1 saturated heterocycles. The summed E-state index contributed by atoms with van der Waals surface area (Å²) in [5.74, 6) is 1.89. The van der Waals surface area contributed by atoms with Crippen molar-refractivity contribution in [3.63, 3.8) is 0 Å². The van der Waals surface area contributed by atoms with Crippen molar-refractivity contribution in [1.29, 1.82) is 0 Å². The minimum absolute atomic E-state index is 0.280. The summed E-state index contributed by atoms with van der Waals surface area (Å²) in [5, 5.41) is 2.96. The van der Waals surface area contributed by atoms with Crippen molar-refractivity contribution < 1.29 is 4.74 Å². The molecule has 0 radical (unpaired) electrons. The number of likely N-dealkylation sites (N-methyl/N-ethyl adjacent to an activating group) is 1. The maximum atomic E-state index is 5.64. The van der Waals surface area contributed by atoms with E-state index in [1.165, 1.54) is 0 Å². The summed E-state index contributed by atoms with van der Waals surface area (Å²) >= 11 is 0. The topological polar surface area (TPSA) is 66.4 Å². The van der Waals surface area contributed by atoms with Crippen LogP contribution in [0.15, 0.2) is 0 Å². The fourth-order valence-corrected chi connectivity index (χ4v) is 2.01. The lowest BCUT2D eigenvalue weighted by atomic mass is 10.2. The van der Waals surface area contributed by atoms with Crippen molar-refractivity contribution in [1.82, 2.24) is 15.0 Å². The Morgan fingerprint density at radius 2 is 1.95 bits per heavy atom. The summed E-state index contributed by atoms with van der Waals surface area (Å²) in [5.41, 5.74) is 0. The van der Waals surface area contributed by atoms with Gasteiger partial charge in [-0.15, -0.1) is 0 Å². The second-order valence-corrected chi connectivity index (χ2v) is 4.92. The van der Waals surface area contributed by atoms with Crippen LogP contribution in [0.1, 0.15) is 12.8 Å². The van der Waals surface area contributed by atoms with Crippen LogP contribution in [0.2, 0.25) is 0 Å². The second kappa shape index (κ2) is 6.01. The van der Waals surface area contributed by atoms with E-state index in [9.17, 15) is 0 Å². The Labute approximate surface area is 114 Å². The summed E-state index contributed by atoms with van der Waals surface area (Å²) in [6.07, 6.45) is 2.53. The van der Waals surface area contributed by atoms with Crippen LogP contribution in [0.3, 0.4) is 0 Å². The van der Waals surface area contributed by atoms with E-state index in [-0.39, 0.29) is 6.10 Å². The van der Waals surface area contributed by atoms with Gasteiger partial charge in [0.15, 0.2) is 0 Å². The number of hydrogen-bond acceptors (Lipinski definition) is 7. The summed E-state index contributed by atoms with van der Waals surface area (Å²) in [4.78, 5) is 17.0. The van der Waals surface area contributed by atoms with Crippen molar-refractivity contribution in [2.24, 2.45) is 0 Å². The predicted octanol–water partition coefficient (Wildman–Crippen LogP) is 0.594. The summed E-state index contributed by atoms with van der Waals surface area (Å²) in [7, 11) is 7.62.